The maximum atomic E-state index is 13.0. The van der Waals surface area contributed by atoms with Gasteiger partial charge in [-0.25, -0.2) is 14.4 Å². The number of H-pyrrole nitrogens is 2. The van der Waals surface area contributed by atoms with Gasteiger partial charge in [0.2, 0.25) is 0 Å². The summed E-state index contributed by atoms with van der Waals surface area (Å²) in [6, 6.07) is 80.2. The topological polar surface area (TPSA) is 159 Å². The van der Waals surface area contributed by atoms with Gasteiger partial charge in [0.15, 0.2) is 0 Å². The second kappa shape index (κ2) is 44.9. The van der Waals surface area contributed by atoms with E-state index in [9.17, 15) is 24.6 Å². The van der Waals surface area contributed by atoms with Gasteiger partial charge in [0.1, 0.15) is 0 Å². The summed E-state index contributed by atoms with van der Waals surface area (Å²) in [5.74, 6) is 1.73. The van der Waals surface area contributed by atoms with E-state index in [1.807, 2.05) is 104 Å². The van der Waals surface area contributed by atoms with Crippen molar-refractivity contribution in [3.63, 3.8) is 0 Å². The first kappa shape index (κ1) is 91.8. The highest BCUT2D eigenvalue weighted by Crippen LogP contribution is 2.52. The molecule has 20 rings (SSSR count). The van der Waals surface area contributed by atoms with Gasteiger partial charge in [-0.05, 0) is 173 Å². The van der Waals surface area contributed by atoms with Crippen LogP contribution in [0.15, 0.2) is 257 Å². The van der Waals surface area contributed by atoms with Crippen LogP contribution >= 0.6 is 0 Å². The molecule has 6 unspecified atom stereocenters. The fourth-order valence-corrected chi connectivity index (χ4v) is 23.5. The molecule has 2 aliphatic carbocycles. The van der Waals surface area contributed by atoms with Gasteiger partial charge < -0.3 is 20.2 Å². The molecule has 0 amide bonds. The second-order valence-electron chi connectivity index (χ2n) is 38.7. The van der Waals surface area contributed by atoms with E-state index >= 15 is 0 Å². The Labute approximate surface area is 761 Å². The maximum absolute atomic E-state index is 13.0. The summed E-state index contributed by atoms with van der Waals surface area (Å²) >= 11 is 0. The van der Waals surface area contributed by atoms with Crippen molar-refractivity contribution in [2.24, 2.45) is 11.8 Å². The number of hydrogen-bond acceptors (Lipinski definition) is 10. The quantitative estimate of drug-likeness (QED) is 0.0454. The Kier molecular flexibility index (Phi) is 32.2. The smallest absolute Gasteiger partial charge is 0.333 e. The maximum Gasteiger partial charge on any atom is 0.333 e. The van der Waals surface area contributed by atoms with Crippen LogP contribution in [0.25, 0.3) is 50.2 Å². The van der Waals surface area contributed by atoms with Crippen LogP contribution in [-0.2, 0) is 24.3 Å². The first-order chi connectivity index (χ1) is 62.8. The van der Waals surface area contributed by atoms with Crippen molar-refractivity contribution < 1.29 is 10.2 Å². The highest BCUT2D eigenvalue weighted by Gasteiger charge is 2.52. The molecule has 4 saturated heterocycles. The lowest BCUT2D eigenvalue weighted by Gasteiger charge is -2.47. The van der Waals surface area contributed by atoms with E-state index in [1.165, 1.54) is 196 Å². The monoisotopic (exact) mass is 1720 g/mol. The van der Waals surface area contributed by atoms with Gasteiger partial charge >= 0.3 is 17.1 Å². The molecule has 3 aromatic heterocycles. The van der Waals surface area contributed by atoms with Gasteiger partial charge in [-0.15, -0.1) is 0 Å². The number of imidazole rings is 3. The standard InChI is InChI=1S/C25H33NO.C24H31NO.C23H33N3O.C21H29N3O.C19H19N3O/c1-2-3-6-15-24(20-11-7-4-8-12-20)26-22-16-17-23(26)19-25(27,18-22)21-13-9-5-10-14-21;1-2-3-14-23(19-10-6-4-7-11-19)25-21-15-16-22(25)18-24(26,17-21)20-12-8-5-9-13-20;1-2-25-21-12-8-9-13-22(21)26(23(25)27)20-14-16-24(17-15-20)18-19-10-6-4-3-5-7-11-19;25-21-22-19-10-6-7-11-20(19)24(21)18-12-14-23(15-13-18)16-17-8-4-2-1-3-5-9-17;23-19-20-17-8-4-5-9-18(17)22(19)16-10-12-21(13-11-16)14-15-6-2-1-3-7-15/h4-5,7-14,22-24,27H,2-3,6,15-19H2,1H3;4-13,21-23,26H,2-3,14-18H2,1H3;8-9,12-14,19H,2-7,10-11,15-18H2,1H3;6-7,10-12,17H,1-5,8-9,13-16H2,(H,22,25);1-10H,11-14H2,(H,20,23). The molecule has 6 atom stereocenters. The molecule has 2 saturated carbocycles. The third kappa shape index (κ3) is 22.6. The van der Waals surface area contributed by atoms with Crippen LogP contribution in [0.1, 0.15) is 266 Å². The van der Waals surface area contributed by atoms with E-state index < -0.39 is 11.2 Å². The average molecular weight is 1730 g/mol. The predicted molar refractivity (Wildman–Crippen MR) is 528 cm³/mol. The summed E-state index contributed by atoms with van der Waals surface area (Å²) in [4.78, 5) is 56.6. The summed E-state index contributed by atoms with van der Waals surface area (Å²) in [6.45, 7) is 16.6. The molecule has 9 aliphatic rings. The van der Waals surface area contributed by atoms with Crippen molar-refractivity contribution >= 4 is 50.2 Å². The molecule has 8 aromatic carbocycles. The molecule has 0 radical (unpaired) electrons. The normalized spacial score (nSPS) is 23.4. The number of aryl methyl sites for hydroxylation is 1. The van der Waals surface area contributed by atoms with Gasteiger partial charge in [-0.2, -0.15) is 0 Å². The molecule has 11 aromatic rings. The van der Waals surface area contributed by atoms with Crippen LogP contribution in [0.5, 0.6) is 0 Å². The van der Waals surface area contributed by atoms with E-state index in [0.29, 0.717) is 42.8 Å². The number of nitrogens with zero attached hydrogens (tertiary/aromatic N) is 9. The van der Waals surface area contributed by atoms with Crippen LogP contribution < -0.4 is 17.1 Å². The molecule has 7 aliphatic heterocycles. The molecule has 10 heterocycles. The largest absolute Gasteiger partial charge is 0.385 e. The molecule has 16 heteroatoms. The van der Waals surface area contributed by atoms with Crippen molar-refractivity contribution in [3.8, 4) is 0 Å². The summed E-state index contributed by atoms with van der Waals surface area (Å²) in [6.07, 6.45) is 46.4. The number of piperidine rings is 2. The number of fused-ring (bicyclic) bond motifs is 7. The van der Waals surface area contributed by atoms with Crippen molar-refractivity contribution in [2.75, 3.05) is 52.4 Å². The van der Waals surface area contributed by atoms with Crippen molar-refractivity contribution in [2.45, 2.75) is 287 Å². The molecule has 128 heavy (non-hydrogen) atoms. The Morgan fingerprint density at radius 3 is 1.12 bits per heavy atom. The Hall–Kier alpha value is -9.49. The minimum Gasteiger partial charge on any atom is -0.385 e. The number of rotatable bonds is 23. The number of nitrogens with one attached hydrogen (secondary N) is 2. The summed E-state index contributed by atoms with van der Waals surface area (Å²) < 4.78 is 7.51. The Balaban J connectivity index is 0.000000118. The minimum absolute atomic E-state index is 0.0130. The van der Waals surface area contributed by atoms with E-state index in [2.05, 4.69) is 212 Å². The number of aliphatic hydroxyl groups is 2. The van der Waals surface area contributed by atoms with Gasteiger partial charge in [0.25, 0.3) is 0 Å². The number of unbranched alkanes of at least 4 members (excludes halogenated alkanes) is 3. The zero-order valence-corrected chi connectivity index (χ0v) is 77.1. The number of hydrogen-bond donors (Lipinski definition) is 4. The molecule has 6 fully saturated rings. The molecule has 678 valence electrons. The van der Waals surface area contributed by atoms with Crippen LogP contribution in [0.4, 0.5) is 0 Å². The van der Waals surface area contributed by atoms with E-state index in [-0.39, 0.29) is 17.1 Å². The third-order valence-corrected chi connectivity index (χ3v) is 30.0. The zero-order valence-electron chi connectivity index (χ0n) is 77.1. The fraction of sp³-hybridized carbons (Fsp3) is 0.491. The van der Waals surface area contributed by atoms with Gasteiger partial charge in [-0.1, -0.05) is 316 Å². The van der Waals surface area contributed by atoms with Gasteiger partial charge in [0, 0.05) is 138 Å². The molecule has 4 bridgehead atoms. The van der Waals surface area contributed by atoms with Crippen molar-refractivity contribution in [3.05, 3.63) is 302 Å². The Morgan fingerprint density at radius 2 is 0.719 bits per heavy atom. The number of para-hydroxylation sites is 6. The van der Waals surface area contributed by atoms with Crippen LogP contribution in [0, 0.1) is 11.8 Å². The highest BCUT2D eigenvalue weighted by atomic mass is 16.3. The molecule has 4 N–H and O–H groups in total. The lowest BCUT2D eigenvalue weighted by atomic mass is 9.79. The molecular formula is C112H145N11O5. The highest BCUT2D eigenvalue weighted by molar-refractivity contribution is 5.81. The Bertz CT molecular complexity index is 5530. The predicted octanol–water partition coefficient (Wildman–Crippen LogP) is 23.3. The zero-order chi connectivity index (χ0) is 88.0. The molecule has 0 spiro atoms. The molecular weight excluding hydrogens is 1580 g/mol. The Morgan fingerprint density at radius 1 is 0.367 bits per heavy atom. The summed E-state index contributed by atoms with van der Waals surface area (Å²) in [5.41, 5.74) is 14.4. The van der Waals surface area contributed by atoms with Gasteiger partial charge in [0.05, 0.1) is 44.3 Å². The van der Waals surface area contributed by atoms with Gasteiger partial charge in [-0.3, -0.25) is 42.8 Å². The first-order valence-electron chi connectivity index (χ1n) is 49.9. The molecule has 16 nitrogen and oxygen atoms in total. The van der Waals surface area contributed by atoms with E-state index in [0.717, 1.165) is 158 Å². The van der Waals surface area contributed by atoms with Crippen molar-refractivity contribution in [1.82, 2.24) is 52.7 Å². The third-order valence-electron chi connectivity index (χ3n) is 30.0. The van der Waals surface area contributed by atoms with E-state index in [1.54, 1.807) is 0 Å². The second-order valence-corrected chi connectivity index (χ2v) is 38.7. The van der Waals surface area contributed by atoms with Crippen LogP contribution in [0.3, 0.4) is 0 Å². The van der Waals surface area contributed by atoms with E-state index in [4.69, 9.17) is 0 Å². The fourth-order valence-electron chi connectivity index (χ4n) is 23.5. The minimum atomic E-state index is -0.658. The number of aromatic amines is 2. The average Bonchev–Trinajstić information content (AvgIpc) is 1.71. The lowest BCUT2D eigenvalue weighted by molar-refractivity contribution is -0.0719. The summed E-state index contributed by atoms with van der Waals surface area (Å²) in [7, 11) is 0. The lowest BCUT2D eigenvalue weighted by Crippen LogP contribution is -2.50. The summed E-state index contributed by atoms with van der Waals surface area (Å²) in [5, 5.41) is 22.9. The van der Waals surface area contributed by atoms with Crippen molar-refractivity contribution in [1.29, 1.82) is 0 Å². The number of aromatic nitrogens is 6. The van der Waals surface area contributed by atoms with Crippen LogP contribution in [-0.4, -0.2) is 139 Å². The van der Waals surface area contributed by atoms with Crippen LogP contribution in [0.2, 0.25) is 0 Å². The number of benzene rings is 8. The SMILES string of the molecule is CCCCC(c1ccccc1)N1C2CCC1CC(O)(c1ccccc1)C2.CCCCCC(c1ccccc1)N1C2CCC1CC(O)(c1ccccc1)C2.CCn1c(=O)n(C2=CCN(CC3CCCCCCC3)CC2)c2ccccc21.O=c1[nH]c2ccccc2n1C1=CCN(CC2CCCCCCC2)CC1.O=c1[nH]c2ccccc2n1C1=CCN(Cc2ccccc2)CC1. The first-order valence-corrected chi connectivity index (χ1v) is 49.9.